The Balaban J connectivity index is 0.00000529. The van der Waals surface area contributed by atoms with E-state index < -0.39 is 72.0 Å². The fourth-order valence-corrected chi connectivity index (χ4v) is 12.3. The summed E-state index contributed by atoms with van der Waals surface area (Å²) in [7, 11) is 3.31. The lowest BCUT2D eigenvalue weighted by atomic mass is 9.98. The molecule has 5 aromatic rings. The third-order valence-electron chi connectivity index (χ3n) is 17.4. The summed E-state index contributed by atoms with van der Waals surface area (Å²) in [5.41, 5.74) is 5.45. The fraction of sp³-hybridized carbons (Fsp3) is 0.424. The highest BCUT2D eigenvalue weighted by Crippen LogP contribution is 2.33. The highest BCUT2D eigenvalue weighted by Gasteiger charge is 2.48. The summed E-state index contributed by atoms with van der Waals surface area (Å²) in [5.74, 6) is -2.45. The Bertz CT molecular complexity index is 2810. The van der Waals surface area contributed by atoms with E-state index in [9.17, 15) is 38.4 Å². The molecule has 0 aliphatic carbocycles. The predicted octanol–water partition coefficient (Wildman–Crippen LogP) is 5.58. The summed E-state index contributed by atoms with van der Waals surface area (Å²) in [5, 5.41) is 18.2. The van der Waals surface area contributed by atoms with Crippen LogP contribution in [0, 0.1) is 0 Å². The molecule has 8 atom stereocenters. The normalized spacial score (nSPS) is 21.0. The van der Waals surface area contributed by atoms with Gasteiger partial charge in [-0.15, -0.1) is 24.8 Å². The van der Waals surface area contributed by atoms with Gasteiger partial charge in [0.15, 0.2) is 0 Å². The van der Waals surface area contributed by atoms with Crippen LogP contribution >= 0.6 is 24.8 Å². The number of hydrogen-bond acceptors (Lipinski definition) is 10. The van der Waals surface area contributed by atoms with E-state index in [1.54, 1.807) is 47.5 Å². The van der Waals surface area contributed by atoms with Crippen molar-refractivity contribution < 1.29 is 38.4 Å². The minimum absolute atomic E-state index is 0. The molecule has 20 heteroatoms. The maximum Gasteiger partial charge on any atom is 0.247 e. The van der Waals surface area contributed by atoms with Crippen LogP contribution in [0.3, 0.4) is 0 Å². The van der Waals surface area contributed by atoms with Gasteiger partial charge in [0.05, 0.1) is 24.2 Å². The van der Waals surface area contributed by atoms with E-state index in [1.807, 2.05) is 146 Å². The Labute approximate surface area is 517 Å². The molecule has 0 saturated carbocycles. The standard InChI is InChI=1S/C66H80N10O8.2ClH/c1-43(67-3)61(79)69-53-41-73(39-37-51-31-33-55(75(51)65(53)83)63(81)71-59(47-17-9-5-10-18-47)48-19-11-6-12-20-48)57(77)35-29-45-25-27-46(28-26-45)30-36-58(78)74-40-38-52-32-34-56(76(52)66(84)54(42-74)70-62(80)44(2)68-4)64(82)72-60(49-21-13-7-14-22-49)50-23-15-8-16-24-50;;/h5-28,43-44,51-56,59-60,67-68H,29-42H2,1-4H3,(H,69,79)(H,70,80)(H,71,81)(H,72,82);2*1H/t43-,44-,51+,52+,53-,54-,55-,56-;;/m0../s1. The number of benzene rings is 5. The number of carbonyl (C=O) groups is 8. The van der Waals surface area contributed by atoms with Crippen LogP contribution in [0.5, 0.6) is 0 Å². The van der Waals surface area contributed by atoms with Crippen molar-refractivity contribution in [2.45, 2.75) is 138 Å². The van der Waals surface area contributed by atoms with Crippen LogP contribution in [-0.2, 0) is 51.2 Å². The van der Waals surface area contributed by atoms with Gasteiger partial charge in [-0.1, -0.05) is 146 Å². The van der Waals surface area contributed by atoms with E-state index >= 15 is 0 Å². The average Bonchev–Trinajstić information content (AvgIpc) is 2.23. The SMILES string of the molecule is CN[C@@H](C)C(=O)N[C@H]1CN(C(=O)CCc2ccc(CCC(=O)N3CC[C@H]4CC[C@@H](C(=O)NC(c5ccccc5)c5ccccc5)N4C(=O)[C@@H](NC(=O)[C@H](C)NC)C3)cc2)CC[C@H]2CC[C@@H](C(=O)NC(c3ccccc3)c3ccccc3)N2C1=O.Cl.Cl. The zero-order valence-corrected chi connectivity index (χ0v) is 51.0. The van der Waals surface area contributed by atoms with Crippen molar-refractivity contribution in [3.05, 3.63) is 179 Å². The molecule has 458 valence electrons. The van der Waals surface area contributed by atoms with Crippen LogP contribution < -0.4 is 31.9 Å². The van der Waals surface area contributed by atoms with Gasteiger partial charge in [0.25, 0.3) is 0 Å². The number of aryl methyl sites for hydroxylation is 2. The van der Waals surface area contributed by atoms with Crippen molar-refractivity contribution in [2.75, 3.05) is 40.3 Å². The number of halogens is 2. The van der Waals surface area contributed by atoms with Crippen molar-refractivity contribution in [2.24, 2.45) is 0 Å². The highest BCUT2D eigenvalue weighted by molar-refractivity contribution is 5.96. The molecule has 0 unspecified atom stereocenters. The van der Waals surface area contributed by atoms with E-state index in [1.165, 1.54) is 0 Å². The molecular weight excluding hydrogens is 1130 g/mol. The first-order chi connectivity index (χ1) is 40.7. The van der Waals surface area contributed by atoms with E-state index in [2.05, 4.69) is 31.9 Å². The van der Waals surface area contributed by atoms with Gasteiger partial charge >= 0.3 is 0 Å². The van der Waals surface area contributed by atoms with Crippen molar-refractivity contribution in [3.63, 3.8) is 0 Å². The third kappa shape index (κ3) is 16.1. The largest absolute Gasteiger partial charge is 0.343 e. The summed E-state index contributed by atoms with van der Waals surface area (Å²) < 4.78 is 0. The summed E-state index contributed by atoms with van der Waals surface area (Å²) in [6.45, 7) is 3.98. The smallest absolute Gasteiger partial charge is 0.247 e. The molecule has 0 spiro atoms. The number of hydrogen-bond donors (Lipinski definition) is 6. The molecule has 9 rings (SSSR count). The summed E-state index contributed by atoms with van der Waals surface area (Å²) in [6, 6.07) is 40.1. The quantitative estimate of drug-likeness (QED) is 0.0569. The number of fused-ring (bicyclic) bond motifs is 2. The van der Waals surface area contributed by atoms with Crippen LogP contribution in [0.4, 0.5) is 0 Å². The average molecular weight is 1210 g/mol. The first-order valence-electron chi connectivity index (χ1n) is 29.7. The molecular formula is C66H82Cl2N10O8. The van der Waals surface area contributed by atoms with Crippen LogP contribution in [0.2, 0.25) is 0 Å². The van der Waals surface area contributed by atoms with Crippen molar-refractivity contribution >= 4 is 72.1 Å². The number of carbonyl (C=O) groups excluding carboxylic acids is 8. The van der Waals surface area contributed by atoms with E-state index in [-0.39, 0.29) is 86.5 Å². The first kappa shape index (κ1) is 65.9. The molecule has 8 amide bonds. The molecule has 4 saturated heterocycles. The van der Waals surface area contributed by atoms with Gasteiger partial charge in [-0.2, -0.15) is 0 Å². The first-order valence-corrected chi connectivity index (χ1v) is 29.7. The molecule has 5 aromatic carbocycles. The fourth-order valence-electron chi connectivity index (χ4n) is 12.3. The second kappa shape index (κ2) is 31.1. The molecule has 6 N–H and O–H groups in total. The van der Waals surface area contributed by atoms with Crippen LogP contribution in [0.1, 0.15) is 111 Å². The van der Waals surface area contributed by atoms with Gasteiger partial charge in [0, 0.05) is 51.1 Å². The van der Waals surface area contributed by atoms with Crippen molar-refractivity contribution in [3.8, 4) is 0 Å². The van der Waals surface area contributed by atoms with Gasteiger partial charge in [-0.25, -0.2) is 0 Å². The number of likely N-dealkylation sites (N-methyl/N-ethyl adjacent to an activating group) is 2. The highest BCUT2D eigenvalue weighted by atomic mass is 35.5. The molecule has 0 radical (unpaired) electrons. The second-order valence-corrected chi connectivity index (χ2v) is 22.7. The number of amides is 8. The van der Waals surface area contributed by atoms with Crippen LogP contribution in [0.15, 0.2) is 146 Å². The van der Waals surface area contributed by atoms with E-state index in [0.29, 0.717) is 64.5 Å². The van der Waals surface area contributed by atoms with Gasteiger partial charge < -0.3 is 51.5 Å². The Morgan fingerprint density at radius 2 is 0.767 bits per heavy atom. The topological polar surface area (TPSA) is 222 Å². The van der Waals surface area contributed by atoms with E-state index in [4.69, 9.17) is 0 Å². The molecule has 4 aliphatic heterocycles. The van der Waals surface area contributed by atoms with E-state index in [0.717, 1.165) is 33.4 Å². The summed E-state index contributed by atoms with van der Waals surface area (Å²) in [4.78, 5) is 120. The third-order valence-corrected chi connectivity index (χ3v) is 17.4. The summed E-state index contributed by atoms with van der Waals surface area (Å²) in [6.07, 6.45) is 4.12. The van der Waals surface area contributed by atoms with Crippen molar-refractivity contribution in [1.29, 1.82) is 0 Å². The monoisotopic (exact) mass is 1210 g/mol. The van der Waals surface area contributed by atoms with Gasteiger partial charge in [-0.3, -0.25) is 38.4 Å². The molecule has 0 aromatic heterocycles. The lowest BCUT2D eigenvalue weighted by Crippen LogP contribution is -2.62. The molecule has 18 nitrogen and oxygen atoms in total. The number of nitrogens with zero attached hydrogens (tertiary/aromatic N) is 4. The van der Waals surface area contributed by atoms with Gasteiger partial charge in [-0.05, 0) is 113 Å². The second-order valence-electron chi connectivity index (χ2n) is 22.7. The zero-order chi connectivity index (χ0) is 59.3. The lowest BCUT2D eigenvalue weighted by Gasteiger charge is -2.39. The van der Waals surface area contributed by atoms with Gasteiger partial charge in [0.1, 0.15) is 24.2 Å². The maximum atomic E-state index is 14.7. The molecule has 4 fully saturated rings. The van der Waals surface area contributed by atoms with Gasteiger partial charge in [0.2, 0.25) is 47.3 Å². The van der Waals surface area contributed by atoms with Crippen molar-refractivity contribution in [1.82, 2.24) is 51.5 Å². The van der Waals surface area contributed by atoms with Crippen LogP contribution in [-0.4, -0.2) is 155 Å². The Kier molecular flexibility index (Phi) is 23.9. The predicted molar refractivity (Wildman–Crippen MR) is 334 cm³/mol. The Hall–Kier alpha value is -7.64. The number of rotatable bonds is 20. The molecule has 4 heterocycles. The Morgan fingerprint density at radius 1 is 0.453 bits per heavy atom. The minimum atomic E-state index is -1.08. The maximum absolute atomic E-state index is 14.7. The summed E-state index contributed by atoms with van der Waals surface area (Å²) >= 11 is 0. The lowest BCUT2D eigenvalue weighted by molar-refractivity contribution is -0.147. The van der Waals surface area contributed by atoms with Crippen LogP contribution in [0.25, 0.3) is 0 Å². The molecule has 86 heavy (non-hydrogen) atoms. The molecule has 4 aliphatic rings. The Morgan fingerprint density at radius 3 is 1.07 bits per heavy atom. The molecule has 0 bridgehead atoms. The minimum Gasteiger partial charge on any atom is -0.343 e. The number of nitrogens with one attached hydrogen (secondary N) is 6. The zero-order valence-electron chi connectivity index (χ0n) is 49.4.